The van der Waals surface area contributed by atoms with Crippen LogP contribution in [0.15, 0.2) is 36.0 Å². The van der Waals surface area contributed by atoms with E-state index >= 15 is 0 Å². The van der Waals surface area contributed by atoms with E-state index in [1.165, 1.54) is 6.08 Å². The minimum absolute atomic E-state index is 0.0767. The maximum Gasteiger partial charge on any atom is 0.333 e. The number of hydrogen-bond donors (Lipinski definition) is 2. The average molecular weight is 257 g/mol. The van der Waals surface area contributed by atoms with E-state index in [0.717, 1.165) is 5.56 Å². The molecule has 1 aromatic carbocycles. The molecule has 0 saturated carbocycles. The Balaban J connectivity index is 1.90. The predicted octanol–water partition coefficient (Wildman–Crippen LogP) is 1.31. The molecule has 2 amide bonds. The second-order valence-corrected chi connectivity index (χ2v) is 3.89. The molecule has 1 aliphatic rings. The highest BCUT2D eigenvalue weighted by Crippen LogP contribution is 2.10. The molecule has 1 aromatic rings. The quantitative estimate of drug-likeness (QED) is 0.799. The van der Waals surface area contributed by atoms with E-state index in [-0.39, 0.29) is 6.61 Å². The third-order valence-electron chi connectivity index (χ3n) is 2.43. The lowest BCUT2D eigenvalue weighted by atomic mass is 10.1. The number of ether oxygens (including phenoxy) is 1. The summed E-state index contributed by atoms with van der Waals surface area (Å²) in [6.07, 6.45) is 1.56. The van der Waals surface area contributed by atoms with Gasteiger partial charge in [0, 0.05) is 11.8 Å². The van der Waals surface area contributed by atoms with Crippen LogP contribution in [0.2, 0.25) is 0 Å². The van der Waals surface area contributed by atoms with Crippen molar-refractivity contribution in [1.29, 1.82) is 5.26 Å². The number of amides is 2. The summed E-state index contributed by atoms with van der Waals surface area (Å²) < 4.78 is 4.65. The molecule has 0 bridgehead atoms. The Morgan fingerprint density at radius 1 is 1.32 bits per heavy atom. The second-order valence-electron chi connectivity index (χ2n) is 3.89. The molecule has 0 aromatic heterocycles. The van der Waals surface area contributed by atoms with Crippen molar-refractivity contribution >= 4 is 17.7 Å². The lowest BCUT2D eigenvalue weighted by Crippen LogP contribution is -2.28. The van der Waals surface area contributed by atoms with Crippen LogP contribution in [-0.2, 0) is 16.0 Å². The van der Waals surface area contributed by atoms with Crippen molar-refractivity contribution in [3.05, 3.63) is 41.6 Å². The van der Waals surface area contributed by atoms with Gasteiger partial charge >= 0.3 is 12.0 Å². The summed E-state index contributed by atoms with van der Waals surface area (Å²) >= 11 is 0. The maximum absolute atomic E-state index is 11.6. The van der Waals surface area contributed by atoms with Crippen LogP contribution in [0.4, 0.5) is 10.5 Å². The number of urea groups is 1. The number of cyclic esters (lactones) is 1. The summed E-state index contributed by atoms with van der Waals surface area (Å²) in [6.45, 7) is 0.0767. The first kappa shape index (κ1) is 12.6. The molecule has 6 heteroatoms. The van der Waals surface area contributed by atoms with Crippen LogP contribution in [0.25, 0.3) is 0 Å². The second kappa shape index (κ2) is 5.69. The van der Waals surface area contributed by atoms with Gasteiger partial charge in [-0.1, -0.05) is 12.1 Å². The first-order valence-corrected chi connectivity index (χ1v) is 5.58. The zero-order chi connectivity index (χ0) is 13.7. The third-order valence-corrected chi connectivity index (χ3v) is 2.43. The van der Waals surface area contributed by atoms with Gasteiger partial charge < -0.3 is 15.4 Å². The van der Waals surface area contributed by atoms with Gasteiger partial charge in [-0.3, -0.25) is 0 Å². The Bertz CT molecular complexity index is 570. The van der Waals surface area contributed by atoms with Crippen LogP contribution >= 0.6 is 0 Å². The molecular formula is C13H11N3O3. The van der Waals surface area contributed by atoms with Crippen LogP contribution in [0.3, 0.4) is 0 Å². The summed E-state index contributed by atoms with van der Waals surface area (Å²) in [5, 5.41) is 13.7. The Morgan fingerprint density at radius 3 is 2.63 bits per heavy atom. The lowest BCUT2D eigenvalue weighted by molar-refractivity contribution is -0.134. The molecule has 2 rings (SSSR count). The highest BCUT2D eigenvalue weighted by molar-refractivity contribution is 5.92. The van der Waals surface area contributed by atoms with Gasteiger partial charge in [0.05, 0.1) is 18.2 Å². The molecule has 0 radical (unpaired) electrons. The van der Waals surface area contributed by atoms with Crippen LogP contribution in [-0.4, -0.2) is 18.6 Å². The van der Waals surface area contributed by atoms with Crippen LogP contribution in [0.1, 0.15) is 5.56 Å². The van der Waals surface area contributed by atoms with E-state index in [9.17, 15) is 9.59 Å². The normalized spacial score (nSPS) is 13.2. The lowest BCUT2D eigenvalue weighted by Gasteiger charge is -2.07. The Kier molecular flexibility index (Phi) is 3.78. The fraction of sp³-hybridized carbons (Fsp3) is 0.154. The van der Waals surface area contributed by atoms with E-state index in [1.54, 1.807) is 24.3 Å². The number of rotatable bonds is 3. The molecule has 96 valence electrons. The van der Waals surface area contributed by atoms with Crippen LogP contribution < -0.4 is 10.6 Å². The monoisotopic (exact) mass is 257 g/mol. The van der Waals surface area contributed by atoms with Crippen molar-refractivity contribution in [3.63, 3.8) is 0 Å². The summed E-state index contributed by atoms with van der Waals surface area (Å²) in [5.41, 5.74) is 1.90. The molecule has 0 fully saturated rings. The van der Waals surface area contributed by atoms with Gasteiger partial charge in [0.1, 0.15) is 6.61 Å². The number of carbonyl (C=O) groups excluding carboxylic acids is 2. The fourth-order valence-electron chi connectivity index (χ4n) is 1.55. The van der Waals surface area contributed by atoms with Crippen LogP contribution in [0, 0.1) is 11.3 Å². The molecular weight excluding hydrogens is 246 g/mol. The summed E-state index contributed by atoms with van der Waals surface area (Å²) in [7, 11) is 0. The molecule has 0 spiro atoms. The number of nitrogens with zero attached hydrogens (tertiary/aromatic N) is 1. The highest BCUT2D eigenvalue weighted by atomic mass is 16.5. The minimum Gasteiger partial charge on any atom is -0.456 e. The number of carbonyl (C=O) groups is 2. The number of benzene rings is 1. The average Bonchev–Trinajstić information content (AvgIpc) is 2.77. The van der Waals surface area contributed by atoms with Gasteiger partial charge in [-0.15, -0.1) is 0 Å². The first-order chi connectivity index (χ1) is 9.17. The summed E-state index contributed by atoms with van der Waals surface area (Å²) in [4.78, 5) is 22.4. The Hall–Kier alpha value is -2.81. The maximum atomic E-state index is 11.6. The van der Waals surface area contributed by atoms with Gasteiger partial charge in [-0.05, 0) is 17.7 Å². The Morgan fingerprint density at radius 2 is 2.05 bits per heavy atom. The van der Waals surface area contributed by atoms with Gasteiger partial charge in [0.25, 0.3) is 0 Å². The van der Waals surface area contributed by atoms with E-state index in [2.05, 4.69) is 15.4 Å². The third kappa shape index (κ3) is 3.57. The summed E-state index contributed by atoms with van der Waals surface area (Å²) in [5.74, 6) is -0.462. The van der Waals surface area contributed by atoms with E-state index in [0.29, 0.717) is 17.8 Å². The van der Waals surface area contributed by atoms with Gasteiger partial charge in [0.15, 0.2) is 0 Å². The standard InChI is InChI=1S/C13H11N3O3/c14-6-5-9-1-3-10(4-2-9)15-13(18)16-11-7-12(17)19-8-11/h1-4,7H,5,8H2,(H2,15,16,18). The van der Waals surface area contributed by atoms with Crippen LogP contribution in [0.5, 0.6) is 0 Å². The number of hydrogen-bond acceptors (Lipinski definition) is 4. The SMILES string of the molecule is N#CCc1ccc(NC(=O)NC2=CC(=O)OC2)cc1. The van der Waals surface area contributed by atoms with E-state index in [1.807, 2.05) is 6.07 Å². The number of esters is 1. The zero-order valence-corrected chi connectivity index (χ0v) is 9.97. The summed E-state index contributed by atoms with van der Waals surface area (Å²) in [6, 6.07) is 8.54. The van der Waals surface area contributed by atoms with Crippen molar-refractivity contribution in [2.75, 3.05) is 11.9 Å². The molecule has 0 atom stereocenters. The van der Waals surface area contributed by atoms with Crippen molar-refractivity contribution in [1.82, 2.24) is 5.32 Å². The predicted molar refractivity (Wildman–Crippen MR) is 67.0 cm³/mol. The molecule has 1 heterocycles. The Labute approximate surface area is 109 Å². The topological polar surface area (TPSA) is 91.2 Å². The van der Waals surface area contributed by atoms with Crippen molar-refractivity contribution in [2.45, 2.75) is 6.42 Å². The molecule has 19 heavy (non-hydrogen) atoms. The van der Waals surface area contributed by atoms with Gasteiger partial charge in [0.2, 0.25) is 0 Å². The number of nitriles is 1. The first-order valence-electron chi connectivity index (χ1n) is 5.58. The van der Waals surface area contributed by atoms with Gasteiger partial charge in [-0.25, -0.2) is 9.59 Å². The van der Waals surface area contributed by atoms with Crippen molar-refractivity contribution in [2.24, 2.45) is 0 Å². The van der Waals surface area contributed by atoms with E-state index < -0.39 is 12.0 Å². The number of anilines is 1. The minimum atomic E-state index is -0.462. The smallest absolute Gasteiger partial charge is 0.333 e. The van der Waals surface area contributed by atoms with Gasteiger partial charge in [-0.2, -0.15) is 5.26 Å². The molecule has 0 aliphatic carbocycles. The largest absolute Gasteiger partial charge is 0.456 e. The zero-order valence-electron chi connectivity index (χ0n) is 9.97. The number of nitrogens with one attached hydrogen (secondary N) is 2. The molecule has 1 aliphatic heterocycles. The molecule has 6 nitrogen and oxygen atoms in total. The highest BCUT2D eigenvalue weighted by Gasteiger charge is 2.14. The molecule has 0 unspecified atom stereocenters. The molecule has 2 N–H and O–H groups in total. The van der Waals surface area contributed by atoms with E-state index in [4.69, 9.17) is 5.26 Å². The van der Waals surface area contributed by atoms with Crippen molar-refractivity contribution < 1.29 is 14.3 Å². The molecule has 0 saturated heterocycles. The van der Waals surface area contributed by atoms with Crippen molar-refractivity contribution in [3.8, 4) is 6.07 Å². The fourth-order valence-corrected chi connectivity index (χ4v) is 1.55.